The molecular weight excluding hydrogens is 242 g/mol. The minimum absolute atomic E-state index is 0.0893. The van der Waals surface area contributed by atoms with E-state index in [1.54, 1.807) is 0 Å². The molecule has 0 aromatic heterocycles. The van der Waals surface area contributed by atoms with Crippen molar-refractivity contribution in [3.63, 3.8) is 0 Å². The Morgan fingerprint density at radius 1 is 1.42 bits per heavy atom. The SMILES string of the molecule is CNC(c1cc(C)ccc1C)C1(C(=O)OC)COC1. The second kappa shape index (κ2) is 5.31. The lowest BCUT2D eigenvalue weighted by Gasteiger charge is -2.44. The van der Waals surface area contributed by atoms with Gasteiger partial charge in [-0.2, -0.15) is 0 Å². The van der Waals surface area contributed by atoms with E-state index in [-0.39, 0.29) is 12.0 Å². The van der Waals surface area contributed by atoms with Gasteiger partial charge in [0.25, 0.3) is 0 Å². The smallest absolute Gasteiger partial charge is 0.318 e. The Bertz CT molecular complexity index is 480. The lowest BCUT2D eigenvalue weighted by atomic mass is 9.74. The van der Waals surface area contributed by atoms with Crippen molar-refractivity contribution in [2.75, 3.05) is 27.4 Å². The van der Waals surface area contributed by atoms with Gasteiger partial charge in [0.2, 0.25) is 0 Å². The lowest BCUT2D eigenvalue weighted by Crippen LogP contribution is -2.57. The highest BCUT2D eigenvalue weighted by Gasteiger charge is 2.53. The molecule has 1 aliphatic heterocycles. The van der Waals surface area contributed by atoms with Gasteiger partial charge in [-0.15, -0.1) is 0 Å². The first-order valence-corrected chi connectivity index (χ1v) is 6.46. The predicted molar refractivity (Wildman–Crippen MR) is 73.0 cm³/mol. The third-order valence-electron chi connectivity index (χ3n) is 3.90. The normalized spacial score (nSPS) is 18.5. The molecule has 1 atom stereocenters. The number of carbonyl (C=O) groups is 1. The summed E-state index contributed by atoms with van der Waals surface area (Å²) in [5.74, 6) is -0.209. The van der Waals surface area contributed by atoms with E-state index in [4.69, 9.17) is 9.47 Å². The van der Waals surface area contributed by atoms with Gasteiger partial charge in [0, 0.05) is 0 Å². The average molecular weight is 263 g/mol. The van der Waals surface area contributed by atoms with Gasteiger partial charge in [0.1, 0.15) is 5.41 Å². The van der Waals surface area contributed by atoms with Crippen LogP contribution in [-0.4, -0.2) is 33.3 Å². The van der Waals surface area contributed by atoms with Crippen molar-refractivity contribution in [3.05, 3.63) is 34.9 Å². The van der Waals surface area contributed by atoms with Gasteiger partial charge in [0.05, 0.1) is 26.4 Å². The number of hydrogen-bond acceptors (Lipinski definition) is 4. The number of hydrogen-bond donors (Lipinski definition) is 1. The highest BCUT2D eigenvalue weighted by atomic mass is 16.5. The number of carbonyl (C=O) groups excluding carboxylic acids is 1. The number of nitrogens with one attached hydrogen (secondary N) is 1. The highest BCUT2D eigenvalue weighted by Crippen LogP contribution is 2.42. The molecule has 1 heterocycles. The van der Waals surface area contributed by atoms with Crippen LogP contribution in [-0.2, 0) is 14.3 Å². The first-order chi connectivity index (χ1) is 9.05. The maximum absolute atomic E-state index is 12.1. The summed E-state index contributed by atoms with van der Waals surface area (Å²) in [6, 6.07) is 6.20. The van der Waals surface area contributed by atoms with Gasteiger partial charge in [-0.1, -0.05) is 23.8 Å². The Labute approximate surface area is 114 Å². The number of aryl methyl sites for hydroxylation is 2. The summed E-state index contributed by atoms with van der Waals surface area (Å²) >= 11 is 0. The summed E-state index contributed by atoms with van der Waals surface area (Å²) in [6.07, 6.45) is 0. The Morgan fingerprint density at radius 2 is 2.11 bits per heavy atom. The molecule has 19 heavy (non-hydrogen) atoms. The van der Waals surface area contributed by atoms with Gasteiger partial charge in [0.15, 0.2) is 0 Å². The Balaban J connectivity index is 2.44. The highest BCUT2D eigenvalue weighted by molar-refractivity contribution is 5.79. The molecule has 4 nitrogen and oxygen atoms in total. The molecule has 4 heteroatoms. The van der Waals surface area contributed by atoms with E-state index in [0.29, 0.717) is 13.2 Å². The first kappa shape index (κ1) is 14.0. The third kappa shape index (κ3) is 2.26. The molecule has 1 N–H and O–H groups in total. The summed E-state index contributed by atoms with van der Waals surface area (Å²) in [7, 11) is 3.30. The van der Waals surface area contributed by atoms with Crippen molar-refractivity contribution in [1.29, 1.82) is 0 Å². The van der Waals surface area contributed by atoms with Crippen molar-refractivity contribution < 1.29 is 14.3 Å². The number of methoxy groups -OCH3 is 1. The topological polar surface area (TPSA) is 47.6 Å². The molecule has 0 radical (unpaired) electrons. The average Bonchev–Trinajstić information content (AvgIpc) is 2.36. The second-order valence-corrected chi connectivity index (χ2v) is 5.22. The molecule has 2 rings (SSSR count). The van der Waals surface area contributed by atoms with E-state index in [1.807, 2.05) is 7.05 Å². The number of esters is 1. The quantitative estimate of drug-likeness (QED) is 0.841. The summed E-state index contributed by atoms with van der Waals surface area (Å²) in [4.78, 5) is 12.1. The van der Waals surface area contributed by atoms with Gasteiger partial charge < -0.3 is 14.8 Å². The van der Waals surface area contributed by atoms with Crippen LogP contribution in [0.15, 0.2) is 18.2 Å². The summed E-state index contributed by atoms with van der Waals surface area (Å²) in [6.45, 7) is 4.92. The van der Waals surface area contributed by atoms with Crippen molar-refractivity contribution in [1.82, 2.24) is 5.32 Å². The minimum atomic E-state index is -0.609. The molecule has 1 saturated heterocycles. The fraction of sp³-hybridized carbons (Fsp3) is 0.533. The molecule has 104 valence electrons. The van der Waals surface area contributed by atoms with Crippen LogP contribution < -0.4 is 5.32 Å². The molecule has 1 aromatic rings. The van der Waals surface area contributed by atoms with Crippen LogP contribution in [0, 0.1) is 19.3 Å². The molecule has 1 aliphatic rings. The lowest BCUT2D eigenvalue weighted by molar-refractivity contribution is -0.190. The maximum Gasteiger partial charge on any atom is 0.318 e. The summed E-state index contributed by atoms with van der Waals surface area (Å²) < 4.78 is 10.3. The molecule has 0 amide bonds. The molecule has 0 spiro atoms. The Morgan fingerprint density at radius 3 is 2.58 bits per heavy atom. The Hall–Kier alpha value is -1.39. The van der Waals surface area contributed by atoms with E-state index in [0.717, 1.165) is 5.56 Å². The van der Waals surface area contributed by atoms with E-state index in [2.05, 4.69) is 37.4 Å². The molecule has 0 aliphatic carbocycles. The largest absolute Gasteiger partial charge is 0.468 e. The van der Waals surface area contributed by atoms with Gasteiger partial charge in [-0.3, -0.25) is 4.79 Å². The fourth-order valence-electron chi connectivity index (χ4n) is 2.73. The van der Waals surface area contributed by atoms with Crippen LogP contribution in [0.4, 0.5) is 0 Å². The van der Waals surface area contributed by atoms with Crippen molar-refractivity contribution in [2.45, 2.75) is 19.9 Å². The van der Waals surface area contributed by atoms with Gasteiger partial charge in [-0.25, -0.2) is 0 Å². The first-order valence-electron chi connectivity index (χ1n) is 6.46. The summed E-state index contributed by atoms with van der Waals surface area (Å²) in [5.41, 5.74) is 2.87. The van der Waals surface area contributed by atoms with Crippen molar-refractivity contribution in [3.8, 4) is 0 Å². The van der Waals surface area contributed by atoms with E-state index >= 15 is 0 Å². The standard InChI is InChI=1S/C15H21NO3/c1-10-5-6-11(2)12(7-10)13(16-3)15(8-19-9-15)14(17)18-4/h5-7,13,16H,8-9H2,1-4H3. The zero-order chi connectivity index (χ0) is 14.0. The van der Waals surface area contributed by atoms with Crippen LogP contribution >= 0.6 is 0 Å². The van der Waals surface area contributed by atoms with Crippen LogP contribution in [0.1, 0.15) is 22.7 Å². The number of rotatable bonds is 4. The van der Waals surface area contributed by atoms with Crippen LogP contribution in [0.2, 0.25) is 0 Å². The monoisotopic (exact) mass is 263 g/mol. The van der Waals surface area contributed by atoms with Crippen molar-refractivity contribution >= 4 is 5.97 Å². The van der Waals surface area contributed by atoms with E-state index < -0.39 is 5.41 Å². The number of benzene rings is 1. The molecule has 0 saturated carbocycles. The van der Waals surface area contributed by atoms with Crippen molar-refractivity contribution in [2.24, 2.45) is 5.41 Å². The zero-order valence-corrected chi connectivity index (χ0v) is 11.9. The molecule has 1 unspecified atom stereocenters. The van der Waals surface area contributed by atoms with Gasteiger partial charge >= 0.3 is 5.97 Å². The zero-order valence-electron chi connectivity index (χ0n) is 11.9. The van der Waals surface area contributed by atoms with Crippen LogP contribution in [0.25, 0.3) is 0 Å². The predicted octanol–water partition coefficient (Wildman–Crippen LogP) is 1.75. The molecule has 1 aromatic carbocycles. The number of ether oxygens (including phenoxy) is 2. The minimum Gasteiger partial charge on any atom is -0.468 e. The molecule has 0 bridgehead atoms. The van der Waals surface area contributed by atoms with Crippen LogP contribution in [0.5, 0.6) is 0 Å². The Kier molecular flexibility index (Phi) is 3.92. The van der Waals surface area contributed by atoms with E-state index in [9.17, 15) is 4.79 Å². The third-order valence-corrected chi connectivity index (χ3v) is 3.90. The van der Waals surface area contributed by atoms with Crippen LogP contribution in [0.3, 0.4) is 0 Å². The molecular formula is C15H21NO3. The molecule has 1 fully saturated rings. The second-order valence-electron chi connectivity index (χ2n) is 5.22. The summed E-state index contributed by atoms with van der Waals surface area (Å²) in [5, 5.41) is 3.26. The van der Waals surface area contributed by atoms with E-state index in [1.165, 1.54) is 18.2 Å². The fourth-order valence-corrected chi connectivity index (χ4v) is 2.73. The maximum atomic E-state index is 12.1. The van der Waals surface area contributed by atoms with Gasteiger partial charge in [-0.05, 0) is 32.0 Å².